The molecule has 0 saturated carbocycles. The van der Waals surface area contributed by atoms with Crippen molar-refractivity contribution in [2.75, 3.05) is 16.9 Å². The van der Waals surface area contributed by atoms with Crippen LogP contribution in [-0.2, 0) is 19.9 Å². The lowest BCUT2D eigenvalue weighted by atomic mass is 9.64. The van der Waals surface area contributed by atoms with Crippen molar-refractivity contribution in [1.29, 1.82) is 0 Å². The van der Waals surface area contributed by atoms with Gasteiger partial charge in [0.15, 0.2) is 0 Å². The molecule has 3 amide bonds. The molecule has 2 aliphatic rings. The number of aliphatic hydroxyl groups is 1. The van der Waals surface area contributed by atoms with Gasteiger partial charge in [0.2, 0.25) is 11.2 Å². The topological polar surface area (TPSA) is 140 Å². The number of imide groups is 1. The first-order chi connectivity index (χ1) is 21.9. The molecule has 1 N–H and O–H groups in total. The smallest absolute Gasteiger partial charge is 0.274 e. The van der Waals surface area contributed by atoms with Crippen LogP contribution in [0.4, 0.5) is 17.1 Å². The van der Waals surface area contributed by atoms with E-state index in [2.05, 4.69) is 0 Å². The molecule has 4 aromatic rings. The number of fused-ring (bicyclic) bond motifs is 1. The lowest BCUT2D eigenvalue weighted by Crippen LogP contribution is -2.79. The van der Waals surface area contributed by atoms with Gasteiger partial charge in [-0.15, -0.1) is 0 Å². The van der Waals surface area contributed by atoms with E-state index in [0.717, 1.165) is 10.5 Å². The van der Waals surface area contributed by atoms with Gasteiger partial charge in [0.1, 0.15) is 11.8 Å². The van der Waals surface area contributed by atoms with Crippen molar-refractivity contribution in [2.45, 2.75) is 44.1 Å². The van der Waals surface area contributed by atoms with Gasteiger partial charge in [-0.1, -0.05) is 48.0 Å². The molecule has 2 aliphatic heterocycles. The quantitative estimate of drug-likeness (QED) is 0.122. The summed E-state index contributed by atoms with van der Waals surface area (Å²) in [4.78, 5) is 56.3. The molecule has 2 heterocycles. The van der Waals surface area contributed by atoms with Crippen LogP contribution in [0.1, 0.15) is 46.9 Å². The summed E-state index contributed by atoms with van der Waals surface area (Å²) in [5.41, 5.74) is -2.86. The third kappa shape index (κ3) is 4.38. The van der Waals surface area contributed by atoms with Crippen LogP contribution in [0, 0.1) is 17.0 Å². The minimum atomic E-state index is -2.51. The number of benzene rings is 4. The van der Waals surface area contributed by atoms with E-state index in [9.17, 15) is 29.6 Å². The van der Waals surface area contributed by atoms with E-state index in [0.29, 0.717) is 17.0 Å². The fourth-order valence-electron chi connectivity index (χ4n) is 6.36. The van der Waals surface area contributed by atoms with Crippen molar-refractivity contribution in [3.63, 3.8) is 0 Å². The minimum Gasteiger partial charge on any atom is -0.497 e. The number of nitrogens with zero attached hydrogens (tertiary/aromatic N) is 3. The highest BCUT2D eigenvalue weighted by Gasteiger charge is 2.78. The Hall–Kier alpha value is -5.39. The Bertz CT molecular complexity index is 1860. The number of carbonyl (C=O) groups is 3. The molecule has 4 aromatic carbocycles. The Morgan fingerprint density at radius 2 is 1.54 bits per heavy atom. The molecule has 11 nitrogen and oxygen atoms in total. The van der Waals surface area contributed by atoms with Gasteiger partial charge in [-0.2, -0.15) is 0 Å². The Morgan fingerprint density at radius 1 is 0.913 bits per heavy atom. The summed E-state index contributed by atoms with van der Waals surface area (Å²) in [5.74, 6) is -1.97. The molecule has 1 saturated heterocycles. The maximum atomic E-state index is 14.9. The highest BCUT2D eigenvalue weighted by atomic mass is 16.6. The number of ether oxygens (including phenoxy) is 2. The number of β-lactam (4-membered cyclic amide) rings is 1. The SMILES string of the molecule is COc1ccc(N2C(=O)[C@@](O)([C@@]3(OC(C)C)C(=O)N(C(=O)c4ccc([N+](=O)[O-])cc4)c4ccccc43)[C@@H]2c2ccc(C)cc2)cc1. The van der Waals surface area contributed by atoms with Gasteiger partial charge < -0.3 is 14.6 Å². The highest BCUT2D eigenvalue weighted by Crippen LogP contribution is 2.60. The number of hydrogen-bond donors (Lipinski definition) is 1. The molecule has 0 aromatic heterocycles. The van der Waals surface area contributed by atoms with Gasteiger partial charge in [-0.25, -0.2) is 4.90 Å². The minimum absolute atomic E-state index is 0.00373. The molecular weight excluding hydrogens is 590 g/mol. The molecule has 0 unspecified atom stereocenters. The molecule has 11 heteroatoms. The van der Waals surface area contributed by atoms with E-state index >= 15 is 0 Å². The van der Waals surface area contributed by atoms with Gasteiger partial charge >= 0.3 is 0 Å². The molecule has 234 valence electrons. The summed E-state index contributed by atoms with van der Waals surface area (Å²) in [6.07, 6.45) is -0.683. The Kier molecular flexibility index (Phi) is 7.46. The van der Waals surface area contributed by atoms with Gasteiger partial charge in [-0.05, 0) is 68.8 Å². The van der Waals surface area contributed by atoms with E-state index in [-0.39, 0.29) is 22.5 Å². The second-order valence-corrected chi connectivity index (χ2v) is 11.6. The van der Waals surface area contributed by atoms with Crippen molar-refractivity contribution >= 4 is 34.8 Å². The van der Waals surface area contributed by atoms with Crippen LogP contribution < -0.4 is 14.5 Å². The van der Waals surface area contributed by atoms with E-state index in [1.165, 1.54) is 42.3 Å². The van der Waals surface area contributed by atoms with Crippen LogP contribution in [0.2, 0.25) is 0 Å². The number of rotatable bonds is 8. The highest BCUT2D eigenvalue weighted by molar-refractivity contribution is 6.29. The first kappa shape index (κ1) is 30.6. The number of para-hydroxylation sites is 1. The molecule has 0 radical (unpaired) electrons. The van der Waals surface area contributed by atoms with Crippen molar-refractivity contribution < 1.29 is 33.9 Å². The van der Waals surface area contributed by atoms with Gasteiger partial charge in [-0.3, -0.25) is 29.4 Å². The molecule has 1 fully saturated rings. The third-order valence-corrected chi connectivity index (χ3v) is 8.45. The van der Waals surface area contributed by atoms with Crippen LogP contribution in [0.25, 0.3) is 0 Å². The zero-order chi connectivity index (χ0) is 33.0. The van der Waals surface area contributed by atoms with Gasteiger partial charge in [0.25, 0.3) is 23.4 Å². The molecule has 0 spiro atoms. The molecule has 6 rings (SSSR count). The summed E-state index contributed by atoms with van der Waals surface area (Å²) in [6, 6.07) is 24.1. The standard InChI is InChI=1S/C35H31N3O8/c1-21(2)46-35(28-7-5-6-8-29(28)37(33(35)41)31(39)24-13-15-26(16-14-24)38(43)44)34(42)30(23-11-9-22(3)10-12-23)36(32(34)40)25-17-19-27(45-4)20-18-25/h5-21,30,42H,1-4H3/t30-,34+,35-/m0/s1. The van der Waals surface area contributed by atoms with Crippen molar-refractivity contribution in [1.82, 2.24) is 0 Å². The largest absolute Gasteiger partial charge is 0.497 e. The second-order valence-electron chi connectivity index (χ2n) is 11.6. The number of non-ortho nitro benzene ring substituents is 1. The normalized spacial score (nSPS) is 22.1. The van der Waals surface area contributed by atoms with Gasteiger partial charge in [0.05, 0.1) is 23.8 Å². The van der Waals surface area contributed by atoms with E-state index in [4.69, 9.17) is 9.47 Å². The summed E-state index contributed by atoms with van der Waals surface area (Å²) in [7, 11) is 1.53. The Labute approximate surface area is 264 Å². The summed E-state index contributed by atoms with van der Waals surface area (Å²) < 4.78 is 11.7. The van der Waals surface area contributed by atoms with Crippen LogP contribution in [0.5, 0.6) is 5.75 Å². The number of nitro groups is 1. The zero-order valence-electron chi connectivity index (χ0n) is 25.5. The number of hydrogen-bond acceptors (Lipinski definition) is 8. The second kappa shape index (κ2) is 11.2. The van der Waals surface area contributed by atoms with E-state index in [1.807, 2.05) is 19.1 Å². The van der Waals surface area contributed by atoms with Crippen LogP contribution in [0.3, 0.4) is 0 Å². The van der Waals surface area contributed by atoms with Crippen molar-refractivity contribution in [3.05, 3.63) is 129 Å². The van der Waals surface area contributed by atoms with Crippen LogP contribution in [0.15, 0.2) is 97.1 Å². The van der Waals surface area contributed by atoms with Crippen molar-refractivity contribution in [2.24, 2.45) is 0 Å². The maximum Gasteiger partial charge on any atom is 0.274 e. The summed E-state index contributed by atoms with van der Waals surface area (Å²) in [6.45, 7) is 5.26. The number of nitro benzene ring substituents is 1. The predicted octanol–water partition coefficient (Wildman–Crippen LogP) is 5.24. The van der Waals surface area contributed by atoms with E-state index in [1.54, 1.807) is 68.4 Å². The number of aryl methyl sites for hydroxylation is 1. The zero-order valence-corrected chi connectivity index (χ0v) is 25.5. The number of methoxy groups -OCH3 is 1. The first-order valence-corrected chi connectivity index (χ1v) is 14.6. The molecule has 0 bridgehead atoms. The van der Waals surface area contributed by atoms with Crippen LogP contribution >= 0.6 is 0 Å². The lowest BCUT2D eigenvalue weighted by molar-refractivity contribution is -0.384. The molecular formula is C35H31N3O8. The number of anilines is 2. The molecule has 46 heavy (non-hydrogen) atoms. The average Bonchev–Trinajstić information content (AvgIpc) is 3.30. The van der Waals surface area contributed by atoms with Crippen molar-refractivity contribution in [3.8, 4) is 5.75 Å². The fraction of sp³-hybridized carbons (Fsp3) is 0.229. The Morgan fingerprint density at radius 3 is 2.13 bits per heavy atom. The molecule has 0 aliphatic carbocycles. The van der Waals surface area contributed by atoms with Gasteiger partial charge in [0, 0.05) is 28.9 Å². The third-order valence-electron chi connectivity index (χ3n) is 8.45. The molecule has 3 atom stereocenters. The number of amides is 3. The summed E-state index contributed by atoms with van der Waals surface area (Å²) in [5, 5.41) is 24.1. The summed E-state index contributed by atoms with van der Waals surface area (Å²) >= 11 is 0. The monoisotopic (exact) mass is 621 g/mol. The van der Waals surface area contributed by atoms with Crippen LogP contribution in [-0.4, -0.2) is 46.6 Å². The fourth-order valence-corrected chi connectivity index (χ4v) is 6.36. The number of carbonyl (C=O) groups excluding carboxylic acids is 3. The average molecular weight is 622 g/mol. The van der Waals surface area contributed by atoms with E-state index < -0.39 is 46.0 Å². The Balaban J connectivity index is 1.55. The predicted molar refractivity (Wildman–Crippen MR) is 169 cm³/mol. The lowest BCUT2D eigenvalue weighted by Gasteiger charge is -2.58. The first-order valence-electron chi connectivity index (χ1n) is 14.6. The maximum absolute atomic E-state index is 14.9.